The van der Waals surface area contributed by atoms with Gasteiger partial charge < -0.3 is 10.4 Å². The molecule has 0 aromatic carbocycles. The largest absolute Gasteiger partial charge is 0.481 e. The number of carboxylic acid groups (broad SMARTS) is 1. The van der Waals surface area contributed by atoms with Crippen LogP contribution in [0.3, 0.4) is 0 Å². The molecule has 20 heavy (non-hydrogen) atoms. The first-order valence-corrected chi connectivity index (χ1v) is 7.70. The van der Waals surface area contributed by atoms with Crippen molar-refractivity contribution in [3.8, 4) is 0 Å². The lowest BCUT2D eigenvalue weighted by molar-refractivity contribution is -0.142. The lowest BCUT2D eigenvalue weighted by Gasteiger charge is -2.43. The predicted octanol–water partition coefficient (Wildman–Crippen LogP) is 2.01. The van der Waals surface area contributed by atoms with Crippen LogP contribution in [0.25, 0.3) is 0 Å². The van der Waals surface area contributed by atoms with E-state index in [2.05, 4.69) is 12.2 Å². The molecule has 0 unspecified atom stereocenters. The molecule has 1 amide bonds. The maximum atomic E-state index is 11.9. The molecule has 0 aromatic heterocycles. The minimum Gasteiger partial charge on any atom is -0.481 e. The van der Waals surface area contributed by atoms with E-state index in [1.54, 1.807) is 0 Å². The van der Waals surface area contributed by atoms with Gasteiger partial charge in [-0.25, -0.2) is 0 Å². The third-order valence-corrected chi connectivity index (χ3v) is 4.31. The fraction of sp³-hybridized carbons (Fsp3) is 0.867. The summed E-state index contributed by atoms with van der Waals surface area (Å²) in [6, 6.07) is 0. The maximum Gasteiger partial charge on any atom is 0.305 e. The molecule has 1 fully saturated rings. The molecule has 0 aliphatic heterocycles. The van der Waals surface area contributed by atoms with Gasteiger partial charge in [0.2, 0.25) is 5.91 Å². The number of unbranched alkanes of at least 4 members (excludes halogenated alkanes) is 1. The molecule has 1 saturated carbocycles. The highest BCUT2D eigenvalue weighted by atomic mass is 16.4. The molecule has 0 heterocycles. The van der Waals surface area contributed by atoms with Gasteiger partial charge in [0.15, 0.2) is 0 Å². The molecule has 0 aromatic rings. The number of likely N-dealkylation sites (N-methyl/N-ethyl adjacent to an activating group) is 1. The van der Waals surface area contributed by atoms with Crippen molar-refractivity contribution in [3.05, 3.63) is 0 Å². The summed E-state index contributed by atoms with van der Waals surface area (Å²) in [5.74, 6) is -0.776. The van der Waals surface area contributed by atoms with Gasteiger partial charge in [-0.2, -0.15) is 0 Å². The van der Waals surface area contributed by atoms with Crippen LogP contribution in [-0.2, 0) is 9.59 Å². The number of nitrogens with one attached hydrogen (secondary N) is 1. The number of amides is 1. The molecule has 0 radical (unpaired) electrons. The quantitative estimate of drug-likeness (QED) is 0.669. The van der Waals surface area contributed by atoms with Crippen molar-refractivity contribution in [2.75, 3.05) is 20.1 Å². The standard InChI is InChI=1S/C15H28N2O3/c1-3-4-10-16-13(18)12-17(2)15(11-14(19)20)8-6-5-7-9-15/h3-12H2,1-2H3,(H,16,18)(H,19,20). The van der Waals surface area contributed by atoms with Crippen molar-refractivity contribution in [2.45, 2.75) is 63.8 Å². The van der Waals surface area contributed by atoms with Crippen LogP contribution < -0.4 is 5.32 Å². The van der Waals surface area contributed by atoms with Gasteiger partial charge >= 0.3 is 5.97 Å². The minimum atomic E-state index is -0.773. The molecule has 5 nitrogen and oxygen atoms in total. The Kier molecular flexibility index (Phi) is 6.99. The highest BCUT2D eigenvalue weighted by molar-refractivity contribution is 5.78. The van der Waals surface area contributed by atoms with Crippen LogP contribution in [0.1, 0.15) is 58.3 Å². The molecular formula is C15H28N2O3. The summed E-state index contributed by atoms with van der Waals surface area (Å²) in [5, 5.41) is 12.1. The number of carbonyl (C=O) groups is 2. The molecule has 1 rings (SSSR count). The number of aliphatic carboxylic acids is 1. The second-order valence-corrected chi connectivity index (χ2v) is 5.92. The van der Waals surface area contributed by atoms with Crippen molar-refractivity contribution >= 4 is 11.9 Å². The van der Waals surface area contributed by atoms with Crippen LogP contribution in [0.2, 0.25) is 0 Å². The first kappa shape index (κ1) is 17.0. The van der Waals surface area contributed by atoms with Gasteiger partial charge in [-0.05, 0) is 26.3 Å². The van der Waals surface area contributed by atoms with Gasteiger partial charge in [-0.3, -0.25) is 14.5 Å². The zero-order valence-corrected chi connectivity index (χ0v) is 12.8. The Hall–Kier alpha value is -1.10. The smallest absolute Gasteiger partial charge is 0.305 e. The Bertz CT molecular complexity index is 325. The topological polar surface area (TPSA) is 69.6 Å². The van der Waals surface area contributed by atoms with Crippen molar-refractivity contribution in [1.82, 2.24) is 10.2 Å². The van der Waals surface area contributed by atoms with Crippen molar-refractivity contribution in [2.24, 2.45) is 0 Å². The number of nitrogens with zero attached hydrogens (tertiary/aromatic N) is 1. The van der Waals surface area contributed by atoms with Crippen LogP contribution in [0, 0.1) is 0 Å². The Labute approximate surface area is 121 Å². The second-order valence-electron chi connectivity index (χ2n) is 5.92. The van der Waals surface area contributed by atoms with Crippen molar-refractivity contribution < 1.29 is 14.7 Å². The summed E-state index contributed by atoms with van der Waals surface area (Å²) in [7, 11) is 1.88. The summed E-state index contributed by atoms with van der Waals surface area (Å²) in [5.41, 5.74) is -0.341. The minimum absolute atomic E-state index is 0.00344. The van der Waals surface area contributed by atoms with Crippen LogP contribution in [0.4, 0.5) is 0 Å². The monoisotopic (exact) mass is 284 g/mol. The molecule has 1 aliphatic rings. The Morgan fingerprint density at radius 1 is 1.25 bits per heavy atom. The van der Waals surface area contributed by atoms with E-state index in [0.29, 0.717) is 6.54 Å². The zero-order valence-electron chi connectivity index (χ0n) is 12.8. The molecule has 0 saturated heterocycles. The SMILES string of the molecule is CCCCNC(=O)CN(C)C1(CC(=O)O)CCCCC1. The molecule has 0 atom stereocenters. The van der Waals surface area contributed by atoms with E-state index in [9.17, 15) is 9.59 Å². The normalized spacial score (nSPS) is 17.9. The average Bonchev–Trinajstić information content (AvgIpc) is 2.39. The fourth-order valence-corrected chi connectivity index (χ4v) is 3.03. The van der Waals surface area contributed by atoms with Crippen LogP contribution in [-0.4, -0.2) is 47.6 Å². The fourth-order valence-electron chi connectivity index (χ4n) is 3.03. The Morgan fingerprint density at radius 2 is 1.90 bits per heavy atom. The molecule has 116 valence electrons. The summed E-state index contributed by atoms with van der Waals surface area (Å²) in [6.45, 7) is 3.08. The summed E-state index contributed by atoms with van der Waals surface area (Å²) in [4.78, 5) is 25.0. The lowest BCUT2D eigenvalue weighted by atomic mass is 9.78. The highest BCUT2D eigenvalue weighted by Gasteiger charge is 2.38. The Balaban J connectivity index is 2.56. The van der Waals surface area contributed by atoms with Crippen LogP contribution in [0.5, 0.6) is 0 Å². The summed E-state index contributed by atoms with van der Waals surface area (Å²) < 4.78 is 0. The van der Waals surface area contributed by atoms with E-state index in [1.165, 1.54) is 0 Å². The van der Waals surface area contributed by atoms with E-state index in [1.807, 2.05) is 11.9 Å². The van der Waals surface area contributed by atoms with Gasteiger partial charge in [0, 0.05) is 12.1 Å². The van der Waals surface area contributed by atoms with Gasteiger partial charge in [-0.1, -0.05) is 32.6 Å². The first-order valence-electron chi connectivity index (χ1n) is 7.70. The van der Waals surface area contributed by atoms with E-state index in [-0.39, 0.29) is 24.4 Å². The predicted molar refractivity (Wildman–Crippen MR) is 78.6 cm³/mol. The van der Waals surface area contributed by atoms with Crippen molar-refractivity contribution in [1.29, 1.82) is 0 Å². The Morgan fingerprint density at radius 3 is 2.45 bits per heavy atom. The van der Waals surface area contributed by atoms with Crippen molar-refractivity contribution in [3.63, 3.8) is 0 Å². The second kappa shape index (κ2) is 8.25. The number of rotatable bonds is 8. The maximum absolute atomic E-state index is 11.9. The lowest BCUT2D eigenvalue weighted by Crippen LogP contribution is -2.52. The molecule has 5 heteroatoms. The van der Waals surface area contributed by atoms with E-state index in [4.69, 9.17) is 5.11 Å². The van der Waals surface area contributed by atoms with E-state index >= 15 is 0 Å². The van der Waals surface area contributed by atoms with E-state index in [0.717, 1.165) is 44.9 Å². The van der Waals surface area contributed by atoms with E-state index < -0.39 is 5.97 Å². The molecule has 1 aliphatic carbocycles. The van der Waals surface area contributed by atoms with Crippen LogP contribution in [0.15, 0.2) is 0 Å². The van der Waals surface area contributed by atoms with Gasteiger partial charge in [0.25, 0.3) is 0 Å². The third kappa shape index (κ3) is 5.12. The van der Waals surface area contributed by atoms with Crippen LogP contribution >= 0.6 is 0 Å². The van der Waals surface area contributed by atoms with Gasteiger partial charge in [0.05, 0.1) is 13.0 Å². The number of hydrogen-bond acceptors (Lipinski definition) is 3. The zero-order chi connectivity index (χ0) is 15.0. The number of carboxylic acids is 1. The molecule has 0 bridgehead atoms. The third-order valence-electron chi connectivity index (χ3n) is 4.31. The molecule has 2 N–H and O–H groups in total. The summed E-state index contributed by atoms with van der Waals surface area (Å²) >= 11 is 0. The number of hydrogen-bond donors (Lipinski definition) is 2. The first-order chi connectivity index (χ1) is 9.50. The van der Waals surface area contributed by atoms with Gasteiger partial charge in [-0.15, -0.1) is 0 Å². The molecular weight excluding hydrogens is 256 g/mol. The molecule has 0 spiro atoms. The highest BCUT2D eigenvalue weighted by Crippen LogP contribution is 2.35. The number of carbonyl (C=O) groups excluding carboxylic acids is 1. The summed E-state index contributed by atoms with van der Waals surface area (Å²) in [6.07, 6.45) is 7.18. The van der Waals surface area contributed by atoms with Gasteiger partial charge in [0.1, 0.15) is 0 Å². The average molecular weight is 284 g/mol.